The fourth-order valence-corrected chi connectivity index (χ4v) is 1.78. The zero-order valence-corrected chi connectivity index (χ0v) is 11.2. The van der Waals surface area contributed by atoms with Gasteiger partial charge in [-0.05, 0) is 42.5 Å². The predicted molar refractivity (Wildman–Crippen MR) is 75.5 cm³/mol. The second kappa shape index (κ2) is 5.87. The number of benzene rings is 2. The lowest BCUT2D eigenvalue weighted by molar-refractivity contribution is -0.137. The number of carbonyl (C=O) groups excluding carboxylic acids is 1. The molecule has 2 aromatic rings. The number of amides is 1. The van der Waals surface area contributed by atoms with Gasteiger partial charge in [-0.25, -0.2) is 0 Å². The molecule has 0 saturated heterocycles. The van der Waals surface area contributed by atoms with Crippen LogP contribution >= 0.6 is 0 Å². The molecule has 110 valence electrons. The first-order valence-electron chi connectivity index (χ1n) is 6.16. The molecule has 2 aromatic carbocycles. The van der Waals surface area contributed by atoms with E-state index in [1.165, 1.54) is 13.0 Å². The first-order chi connectivity index (χ1) is 9.84. The Morgan fingerprint density at radius 2 is 1.57 bits per heavy atom. The van der Waals surface area contributed by atoms with Crippen LogP contribution in [0.1, 0.15) is 12.5 Å². The topological polar surface area (TPSA) is 41.1 Å². The second-order valence-electron chi connectivity index (χ2n) is 4.46. The van der Waals surface area contributed by atoms with Crippen molar-refractivity contribution in [1.82, 2.24) is 0 Å². The lowest BCUT2D eigenvalue weighted by atomic mass is 10.2. The van der Waals surface area contributed by atoms with E-state index in [0.29, 0.717) is 17.1 Å². The van der Waals surface area contributed by atoms with Gasteiger partial charge in [-0.3, -0.25) is 4.79 Å². The fraction of sp³-hybridized carbons (Fsp3) is 0.133. The van der Waals surface area contributed by atoms with Gasteiger partial charge < -0.3 is 10.6 Å². The fourth-order valence-electron chi connectivity index (χ4n) is 1.78. The van der Waals surface area contributed by atoms with Crippen molar-refractivity contribution in [2.45, 2.75) is 13.1 Å². The molecule has 0 bridgehead atoms. The highest BCUT2D eigenvalue weighted by molar-refractivity contribution is 5.88. The molecule has 6 heteroatoms. The van der Waals surface area contributed by atoms with Crippen molar-refractivity contribution in [3.8, 4) is 0 Å². The Bertz CT molecular complexity index is 636. The van der Waals surface area contributed by atoms with E-state index in [9.17, 15) is 18.0 Å². The van der Waals surface area contributed by atoms with Crippen LogP contribution in [0.2, 0.25) is 0 Å². The Balaban J connectivity index is 2.13. The normalized spacial score (nSPS) is 11.0. The average Bonchev–Trinajstić information content (AvgIpc) is 2.40. The van der Waals surface area contributed by atoms with Crippen molar-refractivity contribution in [2.75, 3.05) is 10.6 Å². The van der Waals surface area contributed by atoms with E-state index in [-0.39, 0.29) is 5.91 Å². The minimum absolute atomic E-state index is 0.186. The van der Waals surface area contributed by atoms with Gasteiger partial charge in [0.05, 0.1) is 5.56 Å². The SMILES string of the molecule is CC(=O)Nc1ccc(Nc2cccc(C(F)(F)F)c2)cc1. The second-order valence-corrected chi connectivity index (χ2v) is 4.46. The predicted octanol–water partition coefficient (Wildman–Crippen LogP) is 4.41. The Kier molecular flexibility index (Phi) is 4.16. The molecule has 0 atom stereocenters. The summed E-state index contributed by atoms with van der Waals surface area (Å²) in [5.41, 5.74) is 0.889. The Hall–Kier alpha value is -2.50. The monoisotopic (exact) mass is 294 g/mol. The molecule has 0 unspecified atom stereocenters. The molecule has 0 aliphatic heterocycles. The third-order valence-electron chi connectivity index (χ3n) is 2.68. The van der Waals surface area contributed by atoms with Gasteiger partial charge in [0, 0.05) is 24.0 Å². The van der Waals surface area contributed by atoms with Crippen molar-refractivity contribution in [1.29, 1.82) is 0 Å². The van der Waals surface area contributed by atoms with E-state index in [1.54, 1.807) is 30.3 Å². The van der Waals surface area contributed by atoms with Gasteiger partial charge in [-0.2, -0.15) is 13.2 Å². The molecule has 2 rings (SSSR count). The van der Waals surface area contributed by atoms with Crippen molar-refractivity contribution in [3.05, 3.63) is 54.1 Å². The number of nitrogens with one attached hydrogen (secondary N) is 2. The molecule has 0 heterocycles. The Morgan fingerprint density at radius 3 is 2.14 bits per heavy atom. The molecule has 1 amide bonds. The average molecular weight is 294 g/mol. The van der Waals surface area contributed by atoms with Crippen LogP contribution in [0.4, 0.5) is 30.2 Å². The molecule has 0 aliphatic rings. The van der Waals surface area contributed by atoms with Crippen LogP contribution in [0.15, 0.2) is 48.5 Å². The summed E-state index contributed by atoms with van der Waals surface area (Å²) in [6, 6.07) is 11.6. The number of hydrogen-bond acceptors (Lipinski definition) is 2. The van der Waals surface area contributed by atoms with Crippen LogP contribution in [-0.2, 0) is 11.0 Å². The third-order valence-corrected chi connectivity index (χ3v) is 2.68. The zero-order valence-electron chi connectivity index (χ0n) is 11.2. The van der Waals surface area contributed by atoms with Crippen molar-refractivity contribution >= 4 is 23.0 Å². The van der Waals surface area contributed by atoms with Gasteiger partial charge in [0.15, 0.2) is 0 Å². The van der Waals surface area contributed by atoms with Crippen LogP contribution in [0.5, 0.6) is 0 Å². The molecule has 0 spiro atoms. The van der Waals surface area contributed by atoms with E-state index in [4.69, 9.17) is 0 Å². The van der Waals surface area contributed by atoms with Gasteiger partial charge in [0.25, 0.3) is 0 Å². The smallest absolute Gasteiger partial charge is 0.356 e. The van der Waals surface area contributed by atoms with E-state index >= 15 is 0 Å². The van der Waals surface area contributed by atoms with Gasteiger partial charge >= 0.3 is 6.18 Å². The molecule has 2 N–H and O–H groups in total. The largest absolute Gasteiger partial charge is 0.416 e. The Labute approximate surface area is 119 Å². The van der Waals surface area contributed by atoms with Crippen LogP contribution in [-0.4, -0.2) is 5.91 Å². The molecule has 0 aliphatic carbocycles. The zero-order chi connectivity index (χ0) is 15.5. The molecule has 0 radical (unpaired) electrons. The maximum absolute atomic E-state index is 12.6. The van der Waals surface area contributed by atoms with Crippen LogP contribution in [0.25, 0.3) is 0 Å². The summed E-state index contributed by atoms with van der Waals surface area (Å²) in [5, 5.41) is 5.49. The van der Waals surface area contributed by atoms with Crippen LogP contribution < -0.4 is 10.6 Å². The van der Waals surface area contributed by atoms with E-state index < -0.39 is 11.7 Å². The van der Waals surface area contributed by atoms with Crippen LogP contribution in [0, 0.1) is 0 Å². The highest BCUT2D eigenvalue weighted by Gasteiger charge is 2.30. The molecule has 0 fully saturated rings. The molecule has 3 nitrogen and oxygen atoms in total. The Morgan fingerprint density at radius 1 is 0.952 bits per heavy atom. The van der Waals surface area contributed by atoms with Gasteiger partial charge in [-0.1, -0.05) is 6.07 Å². The van der Waals surface area contributed by atoms with E-state index in [1.807, 2.05) is 0 Å². The molecular weight excluding hydrogens is 281 g/mol. The minimum atomic E-state index is -4.37. The van der Waals surface area contributed by atoms with E-state index in [2.05, 4.69) is 10.6 Å². The van der Waals surface area contributed by atoms with Crippen molar-refractivity contribution < 1.29 is 18.0 Å². The highest BCUT2D eigenvalue weighted by Crippen LogP contribution is 2.31. The van der Waals surface area contributed by atoms with Gasteiger partial charge in [0.1, 0.15) is 0 Å². The standard InChI is InChI=1S/C15H13F3N2O/c1-10(21)19-12-5-7-13(8-6-12)20-14-4-2-3-11(9-14)15(16,17)18/h2-9,20H,1H3,(H,19,21). The van der Waals surface area contributed by atoms with Crippen molar-refractivity contribution in [3.63, 3.8) is 0 Å². The van der Waals surface area contributed by atoms with Gasteiger partial charge in [-0.15, -0.1) is 0 Å². The minimum Gasteiger partial charge on any atom is -0.356 e. The number of rotatable bonds is 3. The summed E-state index contributed by atoms with van der Waals surface area (Å²) in [4.78, 5) is 10.9. The third kappa shape index (κ3) is 4.24. The summed E-state index contributed by atoms with van der Waals surface area (Å²) >= 11 is 0. The lowest BCUT2D eigenvalue weighted by Gasteiger charge is -2.11. The summed E-state index contributed by atoms with van der Waals surface area (Å²) in [7, 11) is 0. The molecule has 21 heavy (non-hydrogen) atoms. The molecule has 0 saturated carbocycles. The summed E-state index contributed by atoms with van der Waals surface area (Å²) in [6.45, 7) is 1.40. The summed E-state index contributed by atoms with van der Waals surface area (Å²) in [5.74, 6) is -0.186. The van der Waals surface area contributed by atoms with E-state index in [0.717, 1.165) is 12.1 Å². The summed E-state index contributed by atoms with van der Waals surface area (Å²) in [6.07, 6.45) is -4.37. The summed E-state index contributed by atoms with van der Waals surface area (Å²) < 4.78 is 37.8. The number of carbonyl (C=O) groups is 1. The number of hydrogen-bond donors (Lipinski definition) is 2. The molecular formula is C15H13F3N2O. The highest BCUT2D eigenvalue weighted by atomic mass is 19.4. The maximum Gasteiger partial charge on any atom is 0.416 e. The van der Waals surface area contributed by atoms with Gasteiger partial charge in [0.2, 0.25) is 5.91 Å². The quantitative estimate of drug-likeness (QED) is 0.880. The number of anilines is 3. The van der Waals surface area contributed by atoms with Crippen molar-refractivity contribution in [2.24, 2.45) is 0 Å². The molecule has 0 aromatic heterocycles. The first kappa shape index (κ1) is 14.9. The number of halogens is 3. The first-order valence-corrected chi connectivity index (χ1v) is 6.16. The number of alkyl halides is 3. The lowest BCUT2D eigenvalue weighted by Crippen LogP contribution is -2.06. The maximum atomic E-state index is 12.6. The van der Waals surface area contributed by atoms with Crippen LogP contribution in [0.3, 0.4) is 0 Å².